The molecule has 18 heavy (non-hydrogen) atoms. The molecule has 0 aliphatic carbocycles. The molecule has 100 valence electrons. The second kappa shape index (κ2) is 6.95. The summed E-state index contributed by atoms with van der Waals surface area (Å²) in [6.45, 7) is 2.62. The van der Waals surface area contributed by atoms with Gasteiger partial charge in [0, 0.05) is 24.5 Å². The van der Waals surface area contributed by atoms with E-state index in [0.29, 0.717) is 13.2 Å². The number of halogens is 1. The van der Waals surface area contributed by atoms with Crippen molar-refractivity contribution in [3.8, 4) is 5.75 Å². The minimum Gasteiger partial charge on any atom is -0.488 e. The van der Waals surface area contributed by atoms with Gasteiger partial charge in [0.2, 0.25) is 0 Å². The monoisotopic (exact) mass is 271 g/mol. The number of hydrogen-bond acceptors (Lipinski definition) is 4. The fourth-order valence-electron chi connectivity index (χ4n) is 1.98. The van der Waals surface area contributed by atoms with Crippen LogP contribution < -0.4 is 10.1 Å². The predicted octanol–water partition coefficient (Wildman–Crippen LogP) is 1.24. The van der Waals surface area contributed by atoms with Crippen LogP contribution in [0.2, 0.25) is 5.02 Å². The molecule has 0 bridgehead atoms. The van der Waals surface area contributed by atoms with Gasteiger partial charge in [0.1, 0.15) is 11.9 Å². The summed E-state index contributed by atoms with van der Waals surface area (Å²) in [6.07, 6.45) is 1.05. The SMILES string of the molecule is OCCOCCNCC1Cc2cc(Cl)ccc2O1. The number of hydrogen-bond donors (Lipinski definition) is 2. The van der Waals surface area contributed by atoms with E-state index >= 15 is 0 Å². The molecule has 0 saturated carbocycles. The van der Waals surface area contributed by atoms with E-state index in [1.54, 1.807) is 0 Å². The van der Waals surface area contributed by atoms with Gasteiger partial charge < -0.3 is 19.9 Å². The summed E-state index contributed by atoms with van der Waals surface area (Å²) in [5.74, 6) is 0.933. The van der Waals surface area contributed by atoms with Crippen molar-refractivity contribution >= 4 is 11.6 Å². The lowest BCUT2D eigenvalue weighted by Gasteiger charge is -2.11. The lowest BCUT2D eigenvalue weighted by molar-refractivity contribution is 0.0924. The Balaban J connectivity index is 1.65. The Morgan fingerprint density at radius 2 is 2.33 bits per heavy atom. The highest BCUT2D eigenvalue weighted by atomic mass is 35.5. The molecular formula is C13H18ClNO3. The standard InChI is InChI=1S/C13H18ClNO3/c14-11-1-2-13-10(7-11)8-12(18-13)9-15-3-5-17-6-4-16/h1-2,7,12,15-16H,3-6,8-9H2. The molecule has 2 N–H and O–H groups in total. The minimum absolute atomic E-state index is 0.0712. The van der Waals surface area contributed by atoms with Gasteiger partial charge >= 0.3 is 0 Å². The molecule has 0 aromatic heterocycles. The van der Waals surface area contributed by atoms with Crippen LogP contribution in [0.15, 0.2) is 18.2 Å². The average Bonchev–Trinajstić information content (AvgIpc) is 2.75. The van der Waals surface area contributed by atoms with Crippen LogP contribution in [-0.4, -0.2) is 44.1 Å². The fraction of sp³-hybridized carbons (Fsp3) is 0.538. The van der Waals surface area contributed by atoms with Crippen LogP contribution in [0.3, 0.4) is 0 Å². The fourth-order valence-corrected chi connectivity index (χ4v) is 2.17. The van der Waals surface area contributed by atoms with Gasteiger partial charge in [0.25, 0.3) is 0 Å². The molecule has 1 atom stereocenters. The Kier molecular flexibility index (Phi) is 5.26. The van der Waals surface area contributed by atoms with E-state index in [9.17, 15) is 0 Å². The van der Waals surface area contributed by atoms with E-state index < -0.39 is 0 Å². The maximum Gasteiger partial charge on any atom is 0.123 e. The highest BCUT2D eigenvalue weighted by Crippen LogP contribution is 2.30. The topological polar surface area (TPSA) is 50.7 Å². The number of fused-ring (bicyclic) bond motifs is 1. The lowest BCUT2D eigenvalue weighted by atomic mass is 10.1. The molecule has 1 unspecified atom stereocenters. The van der Waals surface area contributed by atoms with Gasteiger partial charge in [-0.1, -0.05) is 11.6 Å². The number of rotatable bonds is 7. The van der Waals surface area contributed by atoms with Crippen LogP contribution in [0.4, 0.5) is 0 Å². The zero-order chi connectivity index (χ0) is 12.8. The molecule has 0 fully saturated rings. The largest absolute Gasteiger partial charge is 0.488 e. The average molecular weight is 272 g/mol. The molecule has 4 nitrogen and oxygen atoms in total. The summed E-state index contributed by atoms with van der Waals surface area (Å²) >= 11 is 5.94. The second-order valence-electron chi connectivity index (χ2n) is 4.24. The smallest absolute Gasteiger partial charge is 0.123 e. The Morgan fingerprint density at radius 3 is 3.17 bits per heavy atom. The molecule has 0 spiro atoms. The van der Waals surface area contributed by atoms with Crippen LogP contribution >= 0.6 is 11.6 Å². The summed E-state index contributed by atoms with van der Waals surface area (Å²) in [5.41, 5.74) is 1.17. The van der Waals surface area contributed by atoms with Crippen molar-refractivity contribution in [2.45, 2.75) is 12.5 Å². The van der Waals surface area contributed by atoms with Crippen molar-refractivity contribution in [2.75, 3.05) is 32.9 Å². The predicted molar refractivity (Wildman–Crippen MR) is 70.3 cm³/mol. The van der Waals surface area contributed by atoms with Gasteiger partial charge in [-0.2, -0.15) is 0 Å². The van der Waals surface area contributed by atoms with E-state index in [1.807, 2.05) is 18.2 Å². The van der Waals surface area contributed by atoms with Gasteiger partial charge in [-0.25, -0.2) is 0 Å². The van der Waals surface area contributed by atoms with Gasteiger partial charge in [-0.15, -0.1) is 0 Å². The quantitative estimate of drug-likeness (QED) is 0.733. The summed E-state index contributed by atoms with van der Waals surface area (Å²) in [7, 11) is 0. The number of nitrogens with one attached hydrogen (secondary N) is 1. The Hall–Kier alpha value is -0.810. The first kappa shape index (κ1) is 13.6. The third kappa shape index (κ3) is 3.85. The third-order valence-corrected chi connectivity index (χ3v) is 3.03. The van der Waals surface area contributed by atoms with E-state index in [1.165, 1.54) is 5.56 Å². The molecule has 1 aliphatic heterocycles. The molecule has 5 heteroatoms. The molecule has 0 saturated heterocycles. The molecule has 1 aromatic carbocycles. The first-order chi connectivity index (χ1) is 8.79. The molecule has 2 rings (SSSR count). The molecule has 1 aliphatic rings. The highest BCUT2D eigenvalue weighted by molar-refractivity contribution is 6.30. The highest BCUT2D eigenvalue weighted by Gasteiger charge is 2.22. The van der Waals surface area contributed by atoms with Crippen LogP contribution in [0.5, 0.6) is 5.75 Å². The van der Waals surface area contributed by atoms with Crippen LogP contribution in [0.25, 0.3) is 0 Å². The van der Waals surface area contributed by atoms with Gasteiger partial charge in [-0.3, -0.25) is 0 Å². The first-order valence-electron chi connectivity index (χ1n) is 6.14. The maximum absolute atomic E-state index is 8.54. The number of ether oxygens (including phenoxy) is 2. The van der Waals surface area contributed by atoms with Crippen LogP contribution in [0.1, 0.15) is 5.56 Å². The van der Waals surface area contributed by atoms with Crippen molar-refractivity contribution in [2.24, 2.45) is 0 Å². The number of aliphatic hydroxyl groups excluding tert-OH is 1. The number of aliphatic hydroxyl groups is 1. The molecule has 1 aromatic rings. The Bertz CT molecular complexity index is 386. The van der Waals surface area contributed by atoms with E-state index in [4.69, 9.17) is 26.2 Å². The number of benzene rings is 1. The van der Waals surface area contributed by atoms with E-state index in [2.05, 4.69) is 5.32 Å². The minimum atomic E-state index is 0.0712. The summed E-state index contributed by atoms with van der Waals surface area (Å²) < 4.78 is 10.9. The molecule has 1 heterocycles. The lowest BCUT2D eigenvalue weighted by Crippen LogP contribution is -2.32. The van der Waals surface area contributed by atoms with Gasteiger partial charge in [0.05, 0.1) is 19.8 Å². The van der Waals surface area contributed by atoms with Gasteiger partial charge in [-0.05, 0) is 23.8 Å². The first-order valence-corrected chi connectivity index (χ1v) is 6.52. The summed E-state index contributed by atoms with van der Waals surface area (Å²) in [6, 6.07) is 5.72. The van der Waals surface area contributed by atoms with Crippen molar-refractivity contribution in [3.63, 3.8) is 0 Å². The van der Waals surface area contributed by atoms with Crippen molar-refractivity contribution in [3.05, 3.63) is 28.8 Å². The van der Waals surface area contributed by atoms with Gasteiger partial charge in [0.15, 0.2) is 0 Å². The molecule has 0 amide bonds. The summed E-state index contributed by atoms with van der Waals surface area (Å²) in [4.78, 5) is 0. The zero-order valence-electron chi connectivity index (χ0n) is 10.2. The normalized spacial score (nSPS) is 17.6. The zero-order valence-corrected chi connectivity index (χ0v) is 10.9. The van der Waals surface area contributed by atoms with Crippen molar-refractivity contribution < 1.29 is 14.6 Å². The molecular weight excluding hydrogens is 254 g/mol. The van der Waals surface area contributed by atoms with E-state index in [-0.39, 0.29) is 12.7 Å². The van der Waals surface area contributed by atoms with Crippen molar-refractivity contribution in [1.29, 1.82) is 0 Å². The molecule has 0 radical (unpaired) electrons. The van der Waals surface area contributed by atoms with Crippen molar-refractivity contribution in [1.82, 2.24) is 5.32 Å². The van der Waals surface area contributed by atoms with Crippen LogP contribution in [-0.2, 0) is 11.2 Å². The second-order valence-corrected chi connectivity index (χ2v) is 4.67. The van der Waals surface area contributed by atoms with E-state index in [0.717, 1.165) is 30.3 Å². The third-order valence-electron chi connectivity index (χ3n) is 2.79. The Morgan fingerprint density at radius 1 is 1.44 bits per heavy atom. The van der Waals surface area contributed by atoms with Crippen LogP contribution in [0, 0.1) is 0 Å². The maximum atomic E-state index is 8.54. The summed E-state index contributed by atoms with van der Waals surface area (Å²) in [5, 5.41) is 12.6. The Labute approximate surface area is 112 Å².